The molecule has 1 aliphatic heterocycles. The molecule has 0 aromatic heterocycles. The van der Waals surface area contributed by atoms with Gasteiger partial charge >= 0.3 is 0 Å². The molecule has 3 rings (SSSR count). The van der Waals surface area contributed by atoms with Crippen LogP contribution in [0.5, 0.6) is 11.5 Å². The molecule has 2 aromatic rings. The third-order valence-corrected chi connectivity index (χ3v) is 3.25. The van der Waals surface area contributed by atoms with Crippen LogP contribution in [0.3, 0.4) is 0 Å². The van der Waals surface area contributed by atoms with Crippen LogP contribution in [0.4, 0.5) is 5.69 Å². The number of rotatable bonds is 3. The van der Waals surface area contributed by atoms with E-state index < -0.39 is 17.9 Å². The number of primary amides is 1. The van der Waals surface area contributed by atoms with E-state index in [1.807, 2.05) is 6.07 Å². The number of carbonyl (C=O) groups excluding carboxylic acids is 2. The van der Waals surface area contributed by atoms with Gasteiger partial charge in [0, 0.05) is 0 Å². The van der Waals surface area contributed by atoms with Gasteiger partial charge in [-0.2, -0.15) is 0 Å². The first-order valence-electron chi connectivity index (χ1n) is 6.73. The van der Waals surface area contributed by atoms with Crippen LogP contribution in [0.1, 0.15) is 10.4 Å². The van der Waals surface area contributed by atoms with Gasteiger partial charge < -0.3 is 20.5 Å². The predicted molar refractivity (Wildman–Crippen MR) is 79.9 cm³/mol. The molecule has 0 saturated carbocycles. The standard InChI is InChI=1S/C16H14N2O4/c17-15(19)10-5-1-2-6-11(10)18-16(20)14-9-21-12-7-3-4-8-13(12)22-14/h1-8,14H,9H2,(H2,17,19)(H,18,20)/t14-/m0/s1. The van der Waals surface area contributed by atoms with Crippen LogP contribution in [-0.2, 0) is 4.79 Å². The zero-order valence-corrected chi connectivity index (χ0v) is 11.6. The number of carbonyl (C=O) groups is 2. The van der Waals surface area contributed by atoms with Gasteiger partial charge in [0.1, 0.15) is 6.61 Å². The maximum Gasteiger partial charge on any atom is 0.269 e. The summed E-state index contributed by atoms with van der Waals surface area (Å²) in [6.45, 7) is 0.0988. The summed E-state index contributed by atoms with van der Waals surface area (Å²) >= 11 is 0. The smallest absolute Gasteiger partial charge is 0.269 e. The van der Waals surface area contributed by atoms with E-state index in [4.69, 9.17) is 15.2 Å². The normalized spacial score (nSPS) is 15.9. The number of amides is 2. The molecule has 1 aliphatic rings. The number of nitrogens with two attached hydrogens (primary N) is 1. The van der Waals surface area contributed by atoms with E-state index in [1.165, 1.54) is 0 Å². The van der Waals surface area contributed by atoms with Gasteiger partial charge in [-0.25, -0.2) is 0 Å². The molecule has 2 aromatic carbocycles. The molecule has 0 radical (unpaired) electrons. The molecule has 0 saturated heterocycles. The molecule has 6 nitrogen and oxygen atoms in total. The fourth-order valence-corrected chi connectivity index (χ4v) is 2.17. The summed E-state index contributed by atoms with van der Waals surface area (Å²) in [5.74, 6) is 0.103. The Morgan fingerprint density at radius 2 is 1.73 bits per heavy atom. The van der Waals surface area contributed by atoms with Crippen molar-refractivity contribution in [1.82, 2.24) is 0 Å². The van der Waals surface area contributed by atoms with Crippen LogP contribution < -0.4 is 20.5 Å². The first-order valence-corrected chi connectivity index (χ1v) is 6.73. The predicted octanol–water partition coefficient (Wildman–Crippen LogP) is 1.56. The number of hydrogen-bond acceptors (Lipinski definition) is 4. The Bertz CT molecular complexity index is 730. The van der Waals surface area contributed by atoms with Gasteiger partial charge in [0.25, 0.3) is 11.8 Å². The molecule has 0 bridgehead atoms. The molecule has 2 amide bonds. The molecule has 0 fully saturated rings. The average molecular weight is 298 g/mol. The van der Waals surface area contributed by atoms with E-state index in [2.05, 4.69) is 5.32 Å². The molecular weight excluding hydrogens is 284 g/mol. The first kappa shape index (κ1) is 13.9. The number of ether oxygens (including phenoxy) is 2. The minimum atomic E-state index is -0.796. The number of nitrogens with one attached hydrogen (secondary N) is 1. The summed E-state index contributed by atoms with van der Waals surface area (Å²) in [5, 5.41) is 2.65. The first-order chi connectivity index (χ1) is 10.6. The number of anilines is 1. The minimum Gasteiger partial charge on any atom is -0.485 e. The van der Waals surface area contributed by atoms with E-state index in [1.54, 1.807) is 42.5 Å². The van der Waals surface area contributed by atoms with Crippen LogP contribution in [-0.4, -0.2) is 24.5 Å². The molecule has 1 atom stereocenters. The second-order valence-corrected chi connectivity index (χ2v) is 4.76. The highest BCUT2D eigenvalue weighted by Gasteiger charge is 2.27. The van der Waals surface area contributed by atoms with Gasteiger partial charge in [-0.15, -0.1) is 0 Å². The van der Waals surface area contributed by atoms with Crippen molar-refractivity contribution in [3.8, 4) is 11.5 Å². The van der Waals surface area contributed by atoms with Gasteiger partial charge in [0.05, 0.1) is 11.3 Å². The maximum absolute atomic E-state index is 12.3. The van der Waals surface area contributed by atoms with Crippen LogP contribution in [0.15, 0.2) is 48.5 Å². The van der Waals surface area contributed by atoms with Crippen molar-refractivity contribution in [2.45, 2.75) is 6.10 Å². The quantitative estimate of drug-likeness (QED) is 0.899. The number of benzene rings is 2. The Balaban J connectivity index is 1.75. The Kier molecular flexibility index (Phi) is 3.65. The topological polar surface area (TPSA) is 90.7 Å². The summed E-state index contributed by atoms with van der Waals surface area (Å²) in [6, 6.07) is 13.7. The lowest BCUT2D eigenvalue weighted by Gasteiger charge is -2.25. The van der Waals surface area contributed by atoms with Gasteiger partial charge in [-0.1, -0.05) is 24.3 Å². The number of hydrogen-bond donors (Lipinski definition) is 2. The van der Waals surface area contributed by atoms with Crippen molar-refractivity contribution >= 4 is 17.5 Å². The van der Waals surface area contributed by atoms with Gasteiger partial charge in [0.2, 0.25) is 6.10 Å². The highest BCUT2D eigenvalue weighted by molar-refractivity contribution is 6.04. The van der Waals surface area contributed by atoms with Crippen LogP contribution in [0, 0.1) is 0 Å². The lowest BCUT2D eigenvalue weighted by atomic mass is 10.1. The van der Waals surface area contributed by atoms with Crippen LogP contribution in [0.25, 0.3) is 0 Å². The summed E-state index contributed by atoms with van der Waals surface area (Å²) in [5.41, 5.74) is 5.88. The van der Waals surface area contributed by atoms with Crippen LogP contribution >= 0.6 is 0 Å². The molecule has 0 spiro atoms. The van der Waals surface area contributed by atoms with Gasteiger partial charge in [-0.05, 0) is 24.3 Å². The second-order valence-electron chi connectivity index (χ2n) is 4.76. The zero-order valence-electron chi connectivity index (χ0n) is 11.6. The molecule has 0 aliphatic carbocycles. The molecule has 0 unspecified atom stereocenters. The summed E-state index contributed by atoms with van der Waals surface area (Å²) in [7, 11) is 0. The van der Waals surface area contributed by atoms with Crippen molar-refractivity contribution in [2.24, 2.45) is 5.73 Å². The third-order valence-electron chi connectivity index (χ3n) is 3.25. The van der Waals surface area contributed by atoms with Crippen molar-refractivity contribution in [2.75, 3.05) is 11.9 Å². The van der Waals surface area contributed by atoms with E-state index in [9.17, 15) is 9.59 Å². The van der Waals surface area contributed by atoms with E-state index >= 15 is 0 Å². The van der Waals surface area contributed by atoms with E-state index in [-0.39, 0.29) is 12.2 Å². The summed E-state index contributed by atoms with van der Waals surface area (Å²) < 4.78 is 11.1. The maximum atomic E-state index is 12.3. The largest absolute Gasteiger partial charge is 0.485 e. The summed E-state index contributed by atoms with van der Waals surface area (Å²) in [4.78, 5) is 23.6. The molecule has 3 N–H and O–H groups in total. The Morgan fingerprint density at radius 3 is 2.50 bits per heavy atom. The average Bonchev–Trinajstić information content (AvgIpc) is 2.54. The van der Waals surface area contributed by atoms with Crippen molar-refractivity contribution < 1.29 is 19.1 Å². The Labute approximate surface area is 126 Å². The highest BCUT2D eigenvalue weighted by atomic mass is 16.6. The number of fused-ring (bicyclic) bond motifs is 1. The van der Waals surface area contributed by atoms with E-state index in [0.717, 1.165) is 0 Å². The SMILES string of the molecule is NC(=O)c1ccccc1NC(=O)[C@@H]1COc2ccccc2O1. The second kappa shape index (κ2) is 5.77. The minimum absolute atomic E-state index is 0.0988. The zero-order chi connectivity index (χ0) is 15.5. The van der Waals surface area contributed by atoms with E-state index in [0.29, 0.717) is 17.2 Å². The van der Waals surface area contributed by atoms with Crippen molar-refractivity contribution in [1.29, 1.82) is 0 Å². The lowest BCUT2D eigenvalue weighted by Crippen LogP contribution is -2.40. The number of para-hydroxylation sites is 3. The fraction of sp³-hybridized carbons (Fsp3) is 0.125. The highest BCUT2D eigenvalue weighted by Crippen LogP contribution is 2.31. The monoisotopic (exact) mass is 298 g/mol. The Hall–Kier alpha value is -3.02. The van der Waals surface area contributed by atoms with Gasteiger partial charge in [0.15, 0.2) is 11.5 Å². The Morgan fingerprint density at radius 1 is 1.05 bits per heavy atom. The molecular formula is C16H14N2O4. The van der Waals surface area contributed by atoms with Crippen molar-refractivity contribution in [3.63, 3.8) is 0 Å². The lowest BCUT2D eigenvalue weighted by molar-refractivity contribution is -0.125. The fourth-order valence-electron chi connectivity index (χ4n) is 2.17. The molecule has 6 heteroatoms. The van der Waals surface area contributed by atoms with Crippen LogP contribution in [0.2, 0.25) is 0 Å². The molecule has 1 heterocycles. The third kappa shape index (κ3) is 2.71. The molecule has 22 heavy (non-hydrogen) atoms. The summed E-state index contributed by atoms with van der Waals surface area (Å²) in [6.07, 6.45) is -0.796. The van der Waals surface area contributed by atoms with Crippen molar-refractivity contribution in [3.05, 3.63) is 54.1 Å². The molecule has 112 valence electrons. The van der Waals surface area contributed by atoms with Gasteiger partial charge in [-0.3, -0.25) is 9.59 Å².